The molecule has 0 aliphatic rings. The highest BCUT2D eigenvalue weighted by Gasteiger charge is 2.12. The molecule has 0 aliphatic carbocycles. The van der Waals surface area contributed by atoms with E-state index in [2.05, 4.69) is 15.3 Å². The first-order valence-electron chi connectivity index (χ1n) is 6.10. The molecule has 2 N–H and O–H groups in total. The largest absolute Gasteiger partial charge is 0.382 e. The molecule has 0 atom stereocenters. The van der Waals surface area contributed by atoms with Crippen LogP contribution >= 0.6 is 11.6 Å². The summed E-state index contributed by atoms with van der Waals surface area (Å²) in [5, 5.41) is 10.6. The normalized spacial score (nSPS) is 10.7. The van der Waals surface area contributed by atoms with Gasteiger partial charge in [0.1, 0.15) is 5.82 Å². The van der Waals surface area contributed by atoms with Gasteiger partial charge in [0.15, 0.2) is 0 Å². The smallest absolute Gasteiger partial charge is 0.222 e. The van der Waals surface area contributed by atoms with Crippen molar-refractivity contribution in [2.75, 3.05) is 5.32 Å². The zero-order chi connectivity index (χ0) is 14.7. The van der Waals surface area contributed by atoms with Crippen LogP contribution in [0.5, 0.6) is 0 Å². The molecule has 104 valence electrons. The van der Waals surface area contributed by atoms with Crippen molar-refractivity contribution >= 4 is 23.5 Å². The van der Waals surface area contributed by atoms with Crippen LogP contribution in [0.4, 0.5) is 10.1 Å². The van der Waals surface area contributed by atoms with Gasteiger partial charge in [0.05, 0.1) is 11.3 Å². The van der Waals surface area contributed by atoms with Gasteiger partial charge in [-0.2, -0.15) is 0 Å². The number of nitrogens with one attached hydrogen (secondary N) is 2. The van der Waals surface area contributed by atoms with Crippen molar-refractivity contribution < 1.29 is 4.39 Å². The zero-order valence-electron chi connectivity index (χ0n) is 11.1. The Hall–Kier alpha value is -2.01. The second-order valence-electron chi connectivity index (χ2n) is 4.57. The van der Waals surface area contributed by atoms with Crippen LogP contribution in [0.2, 0.25) is 5.28 Å². The summed E-state index contributed by atoms with van der Waals surface area (Å²) in [6.45, 7) is 3.89. The molecule has 20 heavy (non-hydrogen) atoms. The number of nitrogens with zero attached hydrogens (tertiary/aromatic N) is 2. The summed E-state index contributed by atoms with van der Waals surface area (Å²) in [4.78, 5) is 7.86. The Balaban J connectivity index is 2.55. The fraction of sp³-hybridized carbons (Fsp3) is 0.214. The Kier molecular flexibility index (Phi) is 4.29. The first kappa shape index (κ1) is 14.4. The maximum atomic E-state index is 14.1. The Morgan fingerprint density at radius 3 is 2.75 bits per heavy atom. The highest BCUT2D eigenvalue weighted by Crippen LogP contribution is 2.27. The Morgan fingerprint density at radius 1 is 1.40 bits per heavy atom. The van der Waals surface area contributed by atoms with E-state index in [1.165, 1.54) is 12.3 Å². The molecule has 0 saturated carbocycles. The molecule has 2 rings (SSSR count). The minimum atomic E-state index is -0.476. The number of aromatic nitrogens is 2. The first-order chi connectivity index (χ1) is 9.51. The summed E-state index contributed by atoms with van der Waals surface area (Å²) < 4.78 is 14.1. The van der Waals surface area contributed by atoms with Crippen LogP contribution in [0.1, 0.15) is 19.4 Å². The molecule has 6 heteroatoms. The summed E-state index contributed by atoms with van der Waals surface area (Å²) >= 11 is 5.75. The third-order valence-electron chi connectivity index (χ3n) is 2.64. The zero-order valence-corrected chi connectivity index (χ0v) is 11.9. The van der Waals surface area contributed by atoms with Crippen LogP contribution in [-0.2, 0) is 0 Å². The van der Waals surface area contributed by atoms with Gasteiger partial charge in [-0.3, -0.25) is 0 Å². The monoisotopic (exact) mass is 292 g/mol. The fourth-order valence-corrected chi connectivity index (χ4v) is 1.99. The summed E-state index contributed by atoms with van der Waals surface area (Å²) in [6, 6.07) is 4.87. The lowest BCUT2D eigenvalue weighted by Crippen LogP contribution is -2.12. The second kappa shape index (κ2) is 5.96. The third-order valence-corrected chi connectivity index (χ3v) is 2.82. The molecule has 2 aromatic rings. The van der Waals surface area contributed by atoms with Crippen LogP contribution in [0.3, 0.4) is 0 Å². The number of hydrogen-bond acceptors (Lipinski definition) is 4. The van der Waals surface area contributed by atoms with E-state index < -0.39 is 5.82 Å². The summed E-state index contributed by atoms with van der Waals surface area (Å²) in [7, 11) is 0. The highest BCUT2D eigenvalue weighted by molar-refractivity contribution is 6.28. The van der Waals surface area contributed by atoms with Gasteiger partial charge in [0.25, 0.3) is 0 Å². The molecule has 1 aromatic carbocycles. The maximum absolute atomic E-state index is 14.1. The topological polar surface area (TPSA) is 61.7 Å². The standard InChI is InChI=1S/C14H14ClFN4/c1-8(2)19-13-6-9(5-11(16)10(13)7-17)12-3-4-18-14(15)20-12/h3-8,17,19H,1-2H3. The van der Waals surface area contributed by atoms with Crippen molar-refractivity contribution in [1.82, 2.24) is 9.97 Å². The van der Waals surface area contributed by atoms with E-state index in [4.69, 9.17) is 17.0 Å². The molecule has 0 radical (unpaired) electrons. The lowest BCUT2D eigenvalue weighted by Gasteiger charge is -2.15. The van der Waals surface area contributed by atoms with Gasteiger partial charge in [-0.05, 0) is 43.6 Å². The van der Waals surface area contributed by atoms with E-state index in [9.17, 15) is 4.39 Å². The summed E-state index contributed by atoms with van der Waals surface area (Å²) in [5.74, 6) is -0.476. The van der Waals surface area contributed by atoms with Crippen molar-refractivity contribution in [2.24, 2.45) is 0 Å². The van der Waals surface area contributed by atoms with Crippen molar-refractivity contribution in [2.45, 2.75) is 19.9 Å². The SMILES string of the molecule is CC(C)Nc1cc(-c2ccnc(Cl)n2)cc(F)c1C=N. The number of halogens is 2. The third kappa shape index (κ3) is 3.11. The highest BCUT2D eigenvalue weighted by atomic mass is 35.5. The minimum Gasteiger partial charge on any atom is -0.382 e. The number of hydrogen-bond donors (Lipinski definition) is 2. The number of anilines is 1. The first-order valence-corrected chi connectivity index (χ1v) is 6.48. The molecular formula is C14H14ClFN4. The molecule has 4 nitrogen and oxygen atoms in total. The molecule has 1 heterocycles. The summed E-state index contributed by atoms with van der Waals surface area (Å²) in [5.41, 5.74) is 1.90. The van der Waals surface area contributed by atoms with Crippen LogP contribution in [0.15, 0.2) is 24.4 Å². The lowest BCUT2D eigenvalue weighted by atomic mass is 10.1. The van der Waals surface area contributed by atoms with Crippen LogP contribution in [0, 0.1) is 11.2 Å². The van der Waals surface area contributed by atoms with E-state index in [1.54, 1.807) is 12.1 Å². The average Bonchev–Trinajstić information content (AvgIpc) is 2.37. The van der Waals surface area contributed by atoms with Crippen molar-refractivity contribution in [1.29, 1.82) is 5.41 Å². The Morgan fingerprint density at radius 2 is 2.15 bits per heavy atom. The van der Waals surface area contributed by atoms with E-state index >= 15 is 0 Å². The average molecular weight is 293 g/mol. The van der Waals surface area contributed by atoms with Crippen LogP contribution in [-0.4, -0.2) is 22.2 Å². The van der Waals surface area contributed by atoms with Gasteiger partial charge >= 0.3 is 0 Å². The predicted molar refractivity (Wildman–Crippen MR) is 79.1 cm³/mol. The minimum absolute atomic E-state index is 0.109. The maximum Gasteiger partial charge on any atom is 0.222 e. The van der Waals surface area contributed by atoms with Gasteiger partial charge in [0.2, 0.25) is 5.28 Å². The van der Waals surface area contributed by atoms with Gasteiger partial charge in [-0.15, -0.1) is 0 Å². The predicted octanol–water partition coefficient (Wildman–Crippen LogP) is 3.75. The Bertz CT molecular complexity index is 643. The molecule has 0 amide bonds. The van der Waals surface area contributed by atoms with Crippen molar-refractivity contribution in [3.63, 3.8) is 0 Å². The van der Waals surface area contributed by atoms with Crippen LogP contribution in [0.25, 0.3) is 11.3 Å². The number of rotatable bonds is 4. The van der Waals surface area contributed by atoms with Gasteiger partial charge in [0, 0.05) is 29.7 Å². The van der Waals surface area contributed by atoms with Crippen molar-refractivity contribution in [3.8, 4) is 11.3 Å². The number of benzene rings is 1. The lowest BCUT2D eigenvalue weighted by molar-refractivity contribution is 0.626. The van der Waals surface area contributed by atoms with Gasteiger partial charge in [-0.1, -0.05) is 0 Å². The molecule has 0 aliphatic heterocycles. The second-order valence-corrected chi connectivity index (χ2v) is 4.91. The molecular weight excluding hydrogens is 279 g/mol. The van der Waals surface area contributed by atoms with Gasteiger partial charge < -0.3 is 10.7 Å². The quantitative estimate of drug-likeness (QED) is 0.666. The van der Waals surface area contributed by atoms with E-state index in [1.807, 2.05) is 13.8 Å². The van der Waals surface area contributed by atoms with E-state index in [0.717, 1.165) is 6.21 Å². The van der Waals surface area contributed by atoms with Crippen molar-refractivity contribution in [3.05, 3.63) is 41.1 Å². The molecule has 0 bridgehead atoms. The van der Waals surface area contributed by atoms with E-state index in [0.29, 0.717) is 16.9 Å². The summed E-state index contributed by atoms with van der Waals surface area (Å²) in [6.07, 6.45) is 2.51. The molecule has 1 aromatic heterocycles. The molecule has 0 saturated heterocycles. The Labute approximate surface area is 121 Å². The molecule has 0 fully saturated rings. The fourth-order valence-electron chi connectivity index (χ4n) is 1.84. The van der Waals surface area contributed by atoms with E-state index in [-0.39, 0.29) is 16.9 Å². The van der Waals surface area contributed by atoms with Gasteiger partial charge in [-0.25, -0.2) is 14.4 Å². The van der Waals surface area contributed by atoms with Crippen LogP contribution < -0.4 is 5.32 Å². The molecule has 0 spiro atoms. The molecule has 0 unspecified atom stereocenters.